The first-order valence-corrected chi connectivity index (χ1v) is 9.47. The Morgan fingerprint density at radius 2 is 1.59 bits per heavy atom. The molecule has 3 aromatic rings. The number of carbonyl (C=O) groups is 2. The third-order valence-corrected chi connectivity index (χ3v) is 4.22. The van der Waals surface area contributed by atoms with E-state index in [4.69, 9.17) is 9.47 Å². The van der Waals surface area contributed by atoms with Gasteiger partial charge in [0.2, 0.25) is 0 Å². The minimum atomic E-state index is -0.440. The summed E-state index contributed by atoms with van der Waals surface area (Å²) in [4.78, 5) is 23.8. The average molecular weight is 453 g/mol. The summed E-state index contributed by atoms with van der Waals surface area (Å²) < 4.78 is 11.5. The number of halogens is 1. The number of benzene rings is 3. The quantitative estimate of drug-likeness (QED) is 0.252. The van der Waals surface area contributed by atoms with E-state index in [-0.39, 0.29) is 12.5 Å². The van der Waals surface area contributed by atoms with Gasteiger partial charge >= 0.3 is 5.97 Å². The van der Waals surface area contributed by atoms with E-state index in [9.17, 15) is 9.59 Å². The second-order valence-electron chi connectivity index (χ2n) is 5.86. The van der Waals surface area contributed by atoms with Crippen LogP contribution in [0.1, 0.15) is 15.9 Å². The smallest absolute Gasteiger partial charge is 0.343 e. The van der Waals surface area contributed by atoms with Gasteiger partial charge in [-0.05, 0) is 66.2 Å². The van der Waals surface area contributed by atoms with E-state index in [1.165, 1.54) is 6.21 Å². The topological polar surface area (TPSA) is 77.0 Å². The minimum Gasteiger partial charge on any atom is -0.484 e. The maximum atomic E-state index is 12.1. The van der Waals surface area contributed by atoms with Crippen LogP contribution in [0.5, 0.6) is 11.5 Å². The Labute approximate surface area is 176 Å². The van der Waals surface area contributed by atoms with Crippen LogP contribution in [0.3, 0.4) is 0 Å². The molecular weight excluding hydrogens is 436 g/mol. The van der Waals surface area contributed by atoms with E-state index < -0.39 is 5.97 Å². The number of hydrazone groups is 1. The number of hydrogen-bond donors (Lipinski definition) is 1. The third-order valence-electron chi connectivity index (χ3n) is 3.69. The zero-order chi connectivity index (χ0) is 20.5. The second-order valence-corrected chi connectivity index (χ2v) is 6.78. The minimum absolute atomic E-state index is 0.133. The maximum absolute atomic E-state index is 12.1. The Morgan fingerprint density at radius 1 is 0.897 bits per heavy atom. The predicted molar refractivity (Wildman–Crippen MR) is 113 cm³/mol. The first kappa shape index (κ1) is 20.3. The molecule has 0 aliphatic heterocycles. The molecule has 0 heterocycles. The SMILES string of the molecule is O=C(COc1ccccc1)NN=Cc1ccc(OC(=O)c2ccc(Br)cc2)cc1. The fourth-order valence-corrected chi connectivity index (χ4v) is 2.51. The van der Waals surface area contributed by atoms with Gasteiger partial charge in [0.1, 0.15) is 11.5 Å². The van der Waals surface area contributed by atoms with Gasteiger partial charge < -0.3 is 9.47 Å². The second kappa shape index (κ2) is 10.2. The highest BCUT2D eigenvalue weighted by Crippen LogP contribution is 2.15. The van der Waals surface area contributed by atoms with E-state index in [2.05, 4.69) is 26.5 Å². The summed E-state index contributed by atoms with van der Waals surface area (Å²) in [5.74, 6) is 0.213. The number of nitrogens with one attached hydrogen (secondary N) is 1. The molecule has 0 aliphatic rings. The molecule has 0 spiro atoms. The fraction of sp³-hybridized carbons (Fsp3) is 0.0455. The van der Waals surface area contributed by atoms with Crippen LogP contribution in [-0.2, 0) is 4.79 Å². The Bertz CT molecular complexity index is 988. The molecular formula is C22H17BrN2O4. The summed E-state index contributed by atoms with van der Waals surface area (Å²) in [6.07, 6.45) is 1.49. The van der Waals surface area contributed by atoms with E-state index in [0.717, 1.165) is 10.0 Å². The van der Waals surface area contributed by atoms with Gasteiger partial charge in [0.25, 0.3) is 5.91 Å². The molecule has 6 nitrogen and oxygen atoms in total. The first-order valence-electron chi connectivity index (χ1n) is 8.68. The van der Waals surface area contributed by atoms with Crippen molar-refractivity contribution in [3.05, 3.63) is 94.5 Å². The Hall–Kier alpha value is -3.45. The molecule has 1 amide bonds. The lowest BCUT2D eigenvalue weighted by Gasteiger charge is -2.05. The van der Waals surface area contributed by atoms with E-state index >= 15 is 0 Å². The normalized spacial score (nSPS) is 10.5. The Kier molecular flexibility index (Phi) is 7.13. The van der Waals surface area contributed by atoms with Gasteiger partial charge in [-0.1, -0.05) is 34.1 Å². The Morgan fingerprint density at radius 3 is 2.28 bits per heavy atom. The molecule has 0 saturated carbocycles. The largest absolute Gasteiger partial charge is 0.484 e. The molecule has 0 radical (unpaired) electrons. The number of ether oxygens (including phenoxy) is 2. The van der Waals surface area contributed by atoms with Crippen LogP contribution in [0.4, 0.5) is 0 Å². The van der Waals surface area contributed by atoms with Crippen molar-refractivity contribution in [3.63, 3.8) is 0 Å². The lowest BCUT2D eigenvalue weighted by atomic mass is 10.2. The Balaban J connectivity index is 1.46. The molecule has 1 N–H and O–H groups in total. The molecule has 0 atom stereocenters. The maximum Gasteiger partial charge on any atom is 0.343 e. The summed E-state index contributed by atoms with van der Waals surface area (Å²) >= 11 is 3.32. The number of nitrogens with zero attached hydrogens (tertiary/aromatic N) is 1. The van der Waals surface area contributed by atoms with Crippen molar-refractivity contribution in [2.75, 3.05) is 6.61 Å². The number of rotatable bonds is 7. The highest BCUT2D eigenvalue weighted by molar-refractivity contribution is 9.10. The zero-order valence-electron chi connectivity index (χ0n) is 15.2. The van der Waals surface area contributed by atoms with E-state index in [0.29, 0.717) is 17.1 Å². The van der Waals surface area contributed by atoms with Crippen molar-refractivity contribution in [3.8, 4) is 11.5 Å². The summed E-state index contributed by atoms with van der Waals surface area (Å²) in [6.45, 7) is -0.133. The van der Waals surface area contributed by atoms with Crippen molar-refractivity contribution in [1.29, 1.82) is 0 Å². The molecule has 7 heteroatoms. The molecule has 0 saturated heterocycles. The van der Waals surface area contributed by atoms with Crippen molar-refractivity contribution in [2.45, 2.75) is 0 Å². The monoisotopic (exact) mass is 452 g/mol. The summed E-state index contributed by atoms with van der Waals surface area (Å²) in [7, 11) is 0. The fourth-order valence-electron chi connectivity index (χ4n) is 2.25. The first-order chi connectivity index (χ1) is 14.1. The van der Waals surface area contributed by atoms with E-state index in [1.807, 2.05) is 18.2 Å². The number of hydrogen-bond acceptors (Lipinski definition) is 5. The molecule has 0 fully saturated rings. The van der Waals surface area contributed by atoms with E-state index in [1.54, 1.807) is 60.7 Å². The van der Waals surface area contributed by atoms with Gasteiger partial charge in [-0.25, -0.2) is 10.2 Å². The molecule has 3 aromatic carbocycles. The van der Waals surface area contributed by atoms with Crippen molar-refractivity contribution < 1.29 is 19.1 Å². The number of para-hydroxylation sites is 1. The third kappa shape index (κ3) is 6.58. The van der Waals surface area contributed by atoms with Gasteiger partial charge in [-0.3, -0.25) is 4.79 Å². The number of amides is 1. The predicted octanol–water partition coefficient (Wildman–Crippen LogP) is 4.20. The average Bonchev–Trinajstić information content (AvgIpc) is 2.75. The standard InChI is InChI=1S/C22H17BrN2O4/c23-18-10-8-17(9-11-18)22(27)29-20-12-6-16(7-13-20)14-24-25-21(26)15-28-19-4-2-1-3-5-19/h1-14H,15H2,(H,25,26). The highest BCUT2D eigenvalue weighted by atomic mass is 79.9. The number of carbonyl (C=O) groups excluding carboxylic acids is 2. The van der Waals surface area contributed by atoms with Crippen LogP contribution in [0, 0.1) is 0 Å². The van der Waals surface area contributed by atoms with Gasteiger partial charge in [-0.2, -0.15) is 5.10 Å². The van der Waals surface area contributed by atoms with Crippen molar-refractivity contribution in [1.82, 2.24) is 5.43 Å². The van der Waals surface area contributed by atoms with Crippen LogP contribution in [0.2, 0.25) is 0 Å². The van der Waals surface area contributed by atoms with Crippen molar-refractivity contribution >= 4 is 34.0 Å². The van der Waals surface area contributed by atoms with Crippen LogP contribution in [0.25, 0.3) is 0 Å². The summed E-state index contributed by atoms with van der Waals surface area (Å²) in [5, 5.41) is 3.88. The molecule has 29 heavy (non-hydrogen) atoms. The van der Waals surface area contributed by atoms with Crippen LogP contribution < -0.4 is 14.9 Å². The van der Waals surface area contributed by atoms with Gasteiger partial charge in [0.05, 0.1) is 11.8 Å². The highest BCUT2D eigenvalue weighted by Gasteiger charge is 2.08. The zero-order valence-corrected chi connectivity index (χ0v) is 16.8. The lowest BCUT2D eigenvalue weighted by molar-refractivity contribution is -0.123. The van der Waals surface area contributed by atoms with Gasteiger partial charge in [-0.15, -0.1) is 0 Å². The lowest BCUT2D eigenvalue weighted by Crippen LogP contribution is -2.24. The molecule has 0 aromatic heterocycles. The van der Waals surface area contributed by atoms with Gasteiger partial charge in [0, 0.05) is 4.47 Å². The molecule has 0 aliphatic carbocycles. The molecule has 0 unspecified atom stereocenters. The van der Waals surface area contributed by atoms with Crippen LogP contribution >= 0.6 is 15.9 Å². The van der Waals surface area contributed by atoms with Gasteiger partial charge in [0.15, 0.2) is 6.61 Å². The summed E-state index contributed by atoms with van der Waals surface area (Å²) in [6, 6.07) is 22.7. The van der Waals surface area contributed by atoms with Crippen LogP contribution in [-0.4, -0.2) is 24.7 Å². The molecule has 146 valence electrons. The van der Waals surface area contributed by atoms with Crippen molar-refractivity contribution in [2.24, 2.45) is 5.10 Å². The number of esters is 1. The molecule has 0 bridgehead atoms. The summed E-state index contributed by atoms with van der Waals surface area (Å²) in [5.41, 5.74) is 3.58. The molecule has 3 rings (SSSR count). The van der Waals surface area contributed by atoms with Crippen LogP contribution in [0.15, 0.2) is 88.4 Å².